The number of fused-ring (bicyclic) bond motifs is 2. The molecular formula is C23H21NO5. The summed E-state index contributed by atoms with van der Waals surface area (Å²) in [5.74, 6) is 0.272. The lowest BCUT2D eigenvalue weighted by Gasteiger charge is -2.31. The molecule has 3 aromatic carbocycles. The van der Waals surface area contributed by atoms with Crippen molar-refractivity contribution in [2.45, 2.75) is 19.6 Å². The molecule has 148 valence electrons. The quantitative estimate of drug-likeness (QED) is 0.621. The van der Waals surface area contributed by atoms with Crippen LogP contribution in [0.3, 0.4) is 0 Å². The zero-order chi connectivity index (χ0) is 20.4. The zero-order valence-electron chi connectivity index (χ0n) is 16.3. The molecule has 1 unspecified atom stereocenters. The van der Waals surface area contributed by atoms with Crippen molar-refractivity contribution in [2.75, 3.05) is 18.6 Å². The van der Waals surface area contributed by atoms with Gasteiger partial charge in [-0.2, -0.15) is 0 Å². The maximum absolute atomic E-state index is 12.7. The van der Waals surface area contributed by atoms with E-state index in [1.54, 1.807) is 30.0 Å². The highest BCUT2D eigenvalue weighted by Gasteiger charge is 2.30. The van der Waals surface area contributed by atoms with E-state index in [0.717, 1.165) is 16.3 Å². The molecule has 4 rings (SSSR count). The Morgan fingerprint density at radius 1 is 1.10 bits per heavy atom. The van der Waals surface area contributed by atoms with Crippen LogP contribution < -0.4 is 14.4 Å². The van der Waals surface area contributed by atoms with Gasteiger partial charge in [0.25, 0.3) is 5.91 Å². The average molecular weight is 391 g/mol. The number of rotatable bonds is 5. The van der Waals surface area contributed by atoms with Gasteiger partial charge in [0.2, 0.25) is 0 Å². The first-order chi connectivity index (χ1) is 14.1. The van der Waals surface area contributed by atoms with Gasteiger partial charge in [-0.3, -0.25) is 9.69 Å². The predicted octanol–water partition coefficient (Wildman–Crippen LogP) is 3.71. The number of hydrogen-bond acceptors (Lipinski definition) is 5. The predicted molar refractivity (Wildman–Crippen MR) is 109 cm³/mol. The first kappa shape index (κ1) is 18.8. The van der Waals surface area contributed by atoms with Gasteiger partial charge in [-0.15, -0.1) is 0 Å². The summed E-state index contributed by atoms with van der Waals surface area (Å²) in [6.45, 7) is 1.92. The van der Waals surface area contributed by atoms with E-state index in [9.17, 15) is 9.59 Å². The van der Waals surface area contributed by atoms with Crippen LogP contribution in [0.2, 0.25) is 0 Å². The van der Waals surface area contributed by atoms with E-state index in [0.29, 0.717) is 23.7 Å². The van der Waals surface area contributed by atoms with Crippen LogP contribution >= 0.6 is 0 Å². The smallest absolute Gasteiger partial charge is 0.346 e. The Bertz CT molecular complexity index is 1080. The van der Waals surface area contributed by atoms with E-state index < -0.39 is 12.1 Å². The van der Waals surface area contributed by atoms with Crippen LogP contribution in [0.4, 0.5) is 5.69 Å². The number of benzene rings is 3. The number of amides is 1. The Morgan fingerprint density at radius 3 is 2.69 bits per heavy atom. The molecule has 1 amide bonds. The molecule has 29 heavy (non-hydrogen) atoms. The molecule has 0 saturated carbocycles. The number of para-hydroxylation sites is 1. The lowest BCUT2D eigenvalue weighted by Crippen LogP contribution is -2.39. The summed E-state index contributed by atoms with van der Waals surface area (Å²) in [5.41, 5.74) is 1.51. The molecule has 1 aliphatic rings. The molecule has 6 heteroatoms. The summed E-state index contributed by atoms with van der Waals surface area (Å²) in [5, 5.41) is 2.25. The van der Waals surface area contributed by atoms with Gasteiger partial charge in [-0.25, -0.2) is 4.79 Å². The van der Waals surface area contributed by atoms with Crippen molar-refractivity contribution in [2.24, 2.45) is 0 Å². The van der Waals surface area contributed by atoms with Gasteiger partial charge in [0, 0.05) is 0 Å². The largest absolute Gasteiger partial charge is 0.481 e. The van der Waals surface area contributed by atoms with E-state index >= 15 is 0 Å². The SMILES string of the molecule is COC(=O)C(C)Oc1cccc2c1N(Cc1ccc3ccccc3c1)C(=O)CO2. The number of methoxy groups -OCH3 is 1. The second-order valence-electron chi connectivity index (χ2n) is 6.84. The van der Waals surface area contributed by atoms with Crippen molar-refractivity contribution in [3.8, 4) is 11.5 Å². The van der Waals surface area contributed by atoms with Crippen LogP contribution in [0.15, 0.2) is 60.7 Å². The van der Waals surface area contributed by atoms with E-state index in [1.165, 1.54) is 7.11 Å². The van der Waals surface area contributed by atoms with E-state index in [4.69, 9.17) is 14.2 Å². The summed E-state index contributed by atoms with van der Waals surface area (Å²) in [6, 6.07) is 19.5. The molecule has 1 heterocycles. The van der Waals surface area contributed by atoms with Crippen molar-refractivity contribution < 1.29 is 23.8 Å². The van der Waals surface area contributed by atoms with Crippen LogP contribution in [-0.2, 0) is 20.9 Å². The number of hydrogen-bond donors (Lipinski definition) is 0. The lowest BCUT2D eigenvalue weighted by atomic mass is 10.1. The molecule has 0 aliphatic carbocycles. The topological polar surface area (TPSA) is 65.1 Å². The number of carbonyl (C=O) groups excluding carboxylic acids is 2. The summed E-state index contributed by atoms with van der Waals surface area (Å²) >= 11 is 0. The Labute approximate surface area is 168 Å². The summed E-state index contributed by atoms with van der Waals surface area (Å²) in [7, 11) is 1.31. The number of anilines is 1. The maximum atomic E-state index is 12.7. The molecule has 0 fully saturated rings. The van der Waals surface area contributed by atoms with Crippen molar-refractivity contribution in [3.05, 3.63) is 66.2 Å². The fraction of sp³-hybridized carbons (Fsp3) is 0.217. The standard InChI is InChI=1S/C23H21NO5/c1-15(23(26)27-2)29-20-9-5-8-19-22(20)24(21(25)14-28-19)13-16-10-11-17-6-3-4-7-18(17)12-16/h3-12,15H,13-14H2,1-2H3. The van der Waals surface area contributed by atoms with Crippen LogP contribution in [-0.4, -0.2) is 31.7 Å². The van der Waals surface area contributed by atoms with Crippen molar-refractivity contribution in [3.63, 3.8) is 0 Å². The van der Waals surface area contributed by atoms with Crippen molar-refractivity contribution in [1.82, 2.24) is 0 Å². The third-order valence-corrected chi connectivity index (χ3v) is 4.88. The summed E-state index contributed by atoms with van der Waals surface area (Å²) in [6.07, 6.45) is -0.814. The molecule has 1 aliphatic heterocycles. The van der Waals surface area contributed by atoms with Crippen molar-refractivity contribution >= 4 is 28.3 Å². The number of nitrogens with zero attached hydrogens (tertiary/aromatic N) is 1. The van der Waals surface area contributed by atoms with Gasteiger partial charge in [0.05, 0.1) is 13.7 Å². The van der Waals surface area contributed by atoms with Gasteiger partial charge in [0.15, 0.2) is 12.7 Å². The molecule has 0 N–H and O–H groups in total. The van der Waals surface area contributed by atoms with Gasteiger partial charge in [-0.1, -0.05) is 42.5 Å². The van der Waals surface area contributed by atoms with Gasteiger partial charge in [-0.05, 0) is 41.5 Å². The highest BCUT2D eigenvalue weighted by atomic mass is 16.6. The Morgan fingerprint density at radius 2 is 1.90 bits per heavy atom. The summed E-state index contributed by atoms with van der Waals surface area (Å²) in [4.78, 5) is 26.1. The fourth-order valence-electron chi connectivity index (χ4n) is 3.41. The van der Waals surface area contributed by atoms with Crippen LogP contribution in [0.5, 0.6) is 11.5 Å². The minimum absolute atomic E-state index is 0.0450. The molecule has 1 atom stereocenters. The average Bonchev–Trinajstić information content (AvgIpc) is 2.75. The molecule has 0 radical (unpaired) electrons. The first-order valence-corrected chi connectivity index (χ1v) is 9.35. The van der Waals surface area contributed by atoms with Gasteiger partial charge >= 0.3 is 5.97 Å². The van der Waals surface area contributed by atoms with Crippen molar-refractivity contribution in [1.29, 1.82) is 0 Å². The molecule has 0 saturated heterocycles. The third-order valence-electron chi connectivity index (χ3n) is 4.88. The van der Waals surface area contributed by atoms with Crippen LogP contribution in [0.1, 0.15) is 12.5 Å². The molecular weight excluding hydrogens is 370 g/mol. The number of esters is 1. The van der Waals surface area contributed by atoms with Crippen LogP contribution in [0.25, 0.3) is 10.8 Å². The highest BCUT2D eigenvalue weighted by molar-refractivity contribution is 5.99. The minimum atomic E-state index is -0.814. The number of carbonyl (C=O) groups is 2. The normalized spacial score (nSPS) is 14.1. The molecule has 6 nitrogen and oxygen atoms in total. The Kier molecular flexibility index (Phi) is 5.08. The molecule has 0 aromatic heterocycles. The lowest BCUT2D eigenvalue weighted by molar-refractivity contribution is -0.147. The third kappa shape index (κ3) is 3.74. The number of ether oxygens (including phenoxy) is 3. The second kappa shape index (κ2) is 7.83. The first-order valence-electron chi connectivity index (χ1n) is 9.35. The Hall–Kier alpha value is -3.54. The minimum Gasteiger partial charge on any atom is -0.481 e. The zero-order valence-corrected chi connectivity index (χ0v) is 16.3. The van der Waals surface area contributed by atoms with Gasteiger partial charge < -0.3 is 14.2 Å². The van der Waals surface area contributed by atoms with Crippen LogP contribution in [0, 0.1) is 0 Å². The molecule has 0 bridgehead atoms. The highest BCUT2D eigenvalue weighted by Crippen LogP contribution is 2.41. The van der Waals surface area contributed by atoms with E-state index in [1.807, 2.05) is 30.3 Å². The maximum Gasteiger partial charge on any atom is 0.346 e. The molecule has 0 spiro atoms. The van der Waals surface area contributed by atoms with Gasteiger partial charge in [0.1, 0.15) is 17.2 Å². The van der Waals surface area contributed by atoms with E-state index in [-0.39, 0.29) is 12.5 Å². The summed E-state index contributed by atoms with van der Waals surface area (Å²) < 4.78 is 16.1. The second-order valence-corrected chi connectivity index (χ2v) is 6.84. The Balaban J connectivity index is 1.69. The monoisotopic (exact) mass is 391 g/mol. The van der Waals surface area contributed by atoms with E-state index in [2.05, 4.69) is 12.1 Å². The molecule has 3 aromatic rings. The fourth-order valence-corrected chi connectivity index (χ4v) is 3.41.